The highest BCUT2D eigenvalue weighted by molar-refractivity contribution is 9.10. The summed E-state index contributed by atoms with van der Waals surface area (Å²) in [7, 11) is -1.94. The second-order valence-electron chi connectivity index (χ2n) is 6.28. The summed E-state index contributed by atoms with van der Waals surface area (Å²) < 4.78 is 32.9. The van der Waals surface area contributed by atoms with Crippen LogP contribution in [0.4, 0.5) is 0 Å². The summed E-state index contributed by atoms with van der Waals surface area (Å²) in [5, 5.41) is 0. The molecular weight excluding hydrogens is 432 g/mol. The van der Waals surface area contributed by atoms with Gasteiger partial charge in [-0.05, 0) is 42.0 Å². The SMILES string of the molecule is COCc1cccc(C(=O)N2CCN(S(=O)(=O)c3ccc(Br)cc3)CC2)c1. The summed E-state index contributed by atoms with van der Waals surface area (Å²) >= 11 is 3.31. The van der Waals surface area contributed by atoms with Gasteiger partial charge in [0.05, 0.1) is 11.5 Å². The molecule has 27 heavy (non-hydrogen) atoms. The minimum atomic E-state index is -3.55. The number of piperazine rings is 1. The quantitative estimate of drug-likeness (QED) is 0.699. The minimum absolute atomic E-state index is 0.0892. The highest BCUT2D eigenvalue weighted by Crippen LogP contribution is 2.21. The van der Waals surface area contributed by atoms with Gasteiger partial charge in [-0.1, -0.05) is 28.1 Å². The molecule has 2 aromatic rings. The van der Waals surface area contributed by atoms with Gasteiger partial charge in [0.15, 0.2) is 0 Å². The lowest BCUT2D eigenvalue weighted by Crippen LogP contribution is -2.50. The van der Waals surface area contributed by atoms with Gasteiger partial charge in [-0.25, -0.2) is 8.42 Å². The highest BCUT2D eigenvalue weighted by Gasteiger charge is 2.30. The van der Waals surface area contributed by atoms with Crippen LogP contribution in [-0.2, 0) is 21.4 Å². The smallest absolute Gasteiger partial charge is 0.253 e. The molecule has 0 unspecified atom stereocenters. The Morgan fingerprint density at radius 3 is 2.37 bits per heavy atom. The molecule has 1 heterocycles. The van der Waals surface area contributed by atoms with Crippen molar-refractivity contribution in [2.75, 3.05) is 33.3 Å². The average molecular weight is 453 g/mol. The van der Waals surface area contributed by atoms with E-state index in [0.717, 1.165) is 10.0 Å². The molecule has 0 N–H and O–H groups in total. The maximum absolute atomic E-state index is 12.8. The van der Waals surface area contributed by atoms with Crippen molar-refractivity contribution in [3.63, 3.8) is 0 Å². The molecule has 1 aliphatic heterocycles. The van der Waals surface area contributed by atoms with Gasteiger partial charge in [-0.2, -0.15) is 4.31 Å². The Morgan fingerprint density at radius 2 is 1.74 bits per heavy atom. The summed E-state index contributed by atoms with van der Waals surface area (Å²) in [5.41, 5.74) is 1.52. The zero-order chi connectivity index (χ0) is 19.4. The number of hydrogen-bond acceptors (Lipinski definition) is 4. The number of halogens is 1. The minimum Gasteiger partial charge on any atom is -0.380 e. The van der Waals surface area contributed by atoms with E-state index in [1.54, 1.807) is 42.3 Å². The number of carbonyl (C=O) groups is 1. The van der Waals surface area contributed by atoms with Crippen molar-refractivity contribution in [3.8, 4) is 0 Å². The Kier molecular flexibility index (Phi) is 6.31. The topological polar surface area (TPSA) is 66.9 Å². The average Bonchev–Trinajstić information content (AvgIpc) is 2.68. The molecule has 1 fully saturated rings. The second kappa shape index (κ2) is 8.52. The third-order valence-electron chi connectivity index (χ3n) is 4.46. The lowest BCUT2D eigenvalue weighted by atomic mass is 10.1. The third kappa shape index (κ3) is 4.57. The highest BCUT2D eigenvalue weighted by atomic mass is 79.9. The molecule has 0 saturated carbocycles. The first-order chi connectivity index (χ1) is 12.9. The van der Waals surface area contributed by atoms with E-state index >= 15 is 0 Å². The van der Waals surface area contributed by atoms with Crippen LogP contribution in [0.3, 0.4) is 0 Å². The van der Waals surface area contributed by atoms with Gasteiger partial charge < -0.3 is 9.64 Å². The zero-order valence-electron chi connectivity index (χ0n) is 15.0. The van der Waals surface area contributed by atoms with E-state index in [2.05, 4.69) is 15.9 Å². The number of carbonyl (C=O) groups excluding carboxylic acids is 1. The first-order valence-corrected chi connectivity index (χ1v) is 10.8. The molecule has 0 bridgehead atoms. The van der Waals surface area contributed by atoms with Crippen LogP contribution in [0.2, 0.25) is 0 Å². The molecule has 0 radical (unpaired) electrons. The molecule has 2 aromatic carbocycles. The Labute approximate surface area is 167 Å². The van der Waals surface area contributed by atoms with E-state index in [0.29, 0.717) is 25.3 Å². The molecule has 0 aliphatic carbocycles. The molecule has 1 amide bonds. The molecule has 1 saturated heterocycles. The van der Waals surface area contributed by atoms with Crippen molar-refractivity contribution >= 4 is 31.9 Å². The van der Waals surface area contributed by atoms with Crippen LogP contribution in [0, 0.1) is 0 Å². The first-order valence-electron chi connectivity index (χ1n) is 8.54. The van der Waals surface area contributed by atoms with Crippen LogP contribution in [0.1, 0.15) is 15.9 Å². The number of ether oxygens (including phenoxy) is 1. The predicted octanol–water partition coefficient (Wildman–Crippen LogP) is 2.74. The molecular formula is C19H21BrN2O4S. The standard InChI is InChI=1S/C19H21BrN2O4S/c1-26-14-15-3-2-4-16(13-15)19(23)21-9-11-22(12-10-21)27(24,25)18-7-5-17(20)6-8-18/h2-8,13H,9-12,14H2,1H3. The van der Waals surface area contributed by atoms with Crippen LogP contribution in [0.5, 0.6) is 0 Å². The summed E-state index contributed by atoms with van der Waals surface area (Å²) in [6.07, 6.45) is 0. The lowest BCUT2D eigenvalue weighted by molar-refractivity contribution is 0.0697. The van der Waals surface area contributed by atoms with E-state index < -0.39 is 10.0 Å². The van der Waals surface area contributed by atoms with Crippen LogP contribution in [0.15, 0.2) is 57.9 Å². The summed E-state index contributed by atoms with van der Waals surface area (Å²) in [5.74, 6) is -0.0892. The van der Waals surface area contributed by atoms with Gasteiger partial charge >= 0.3 is 0 Å². The molecule has 6 nitrogen and oxygen atoms in total. The van der Waals surface area contributed by atoms with E-state index in [9.17, 15) is 13.2 Å². The molecule has 3 rings (SSSR count). The van der Waals surface area contributed by atoms with Crippen LogP contribution < -0.4 is 0 Å². The number of nitrogens with zero attached hydrogens (tertiary/aromatic N) is 2. The van der Waals surface area contributed by atoms with Crippen molar-refractivity contribution in [1.82, 2.24) is 9.21 Å². The van der Waals surface area contributed by atoms with Crippen molar-refractivity contribution in [2.45, 2.75) is 11.5 Å². The fourth-order valence-corrected chi connectivity index (χ4v) is 4.72. The monoisotopic (exact) mass is 452 g/mol. The normalized spacial score (nSPS) is 15.7. The number of sulfonamides is 1. The molecule has 144 valence electrons. The molecule has 1 aliphatic rings. The number of hydrogen-bond donors (Lipinski definition) is 0. The number of methoxy groups -OCH3 is 1. The van der Waals surface area contributed by atoms with E-state index in [-0.39, 0.29) is 23.9 Å². The molecule has 0 atom stereocenters. The van der Waals surface area contributed by atoms with Crippen molar-refractivity contribution in [1.29, 1.82) is 0 Å². The van der Waals surface area contributed by atoms with Crippen molar-refractivity contribution < 1.29 is 17.9 Å². The molecule has 0 spiro atoms. The maximum Gasteiger partial charge on any atom is 0.253 e. The van der Waals surface area contributed by atoms with Crippen LogP contribution >= 0.6 is 15.9 Å². The zero-order valence-corrected chi connectivity index (χ0v) is 17.4. The number of rotatable bonds is 5. The fourth-order valence-electron chi connectivity index (χ4n) is 3.03. The lowest BCUT2D eigenvalue weighted by Gasteiger charge is -2.34. The molecule has 8 heteroatoms. The third-order valence-corrected chi connectivity index (χ3v) is 6.90. The Hall–Kier alpha value is -1.74. The van der Waals surface area contributed by atoms with Crippen LogP contribution in [0.25, 0.3) is 0 Å². The van der Waals surface area contributed by atoms with Gasteiger partial charge in [-0.15, -0.1) is 0 Å². The van der Waals surface area contributed by atoms with Crippen molar-refractivity contribution in [3.05, 3.63) is 64.1 Å². The number of benzene rings is 2. The van der Waals surface area contributed by atoms with E-state index in [4.69, 9.17) is 4.74 Å². The Morgan fingerprint density at radius 1 is 1.07 bits per heavy atom. The number of amides is 1. The fraction of sp³-hybridized carbons (Fsp3) is 0.316. The van der Waals surface area contributed by atoms with Crippen molar-refractivity contribution in [2.24, 2.45) is 0 Å². The second-order valence-corrected chi connectivity index (χ2v) is 9.14. The van der Waals surface area contributed by atoms with Gasteiger partial charge in [0.1, 0.15) is 0 Å². The van der Waals surface area contributed by atoms with E-state index in [1.807, 2.05) is 18.2 Å². The van der Waals surface area contributed by atoms with Gasteiger partial charge in [-0.3, -0.25) is 4.79 Å². The van der Waals surface area contributed by atoms with Gasteiger partial charge in [0.2, 0.25) is 10.0 Å². The maximum atomic E-state index is 12.8. The largest absolute Gasteiger partial charge is 0.380 e. The van der Waals surface area contributed by atoms with Crippen LogP contribution in [-0.4, -0.2) is 56.8 Å². The summed E-state index contributed by atoms with van der Waals surface area (Å²) in [6.45, 7) is 1.73. The summed E-state index contributed by atoms with van der Waals surface area (Å²) in [4.78, 5) is 14.7. The Balaban J connectivity index is 1.67. The summed E-state index contributed by atoms with van der Waals surface area (Å²) in [6, 6.07) is 13.9. The molecule has 0 aromatic heterocycles. The Bertz CT molecular complexity index is 908. The first kappa shape index (κ1) is 20.0. The predicted molar refractivity (Wildman–Crippen MR) is 106 cm³/mol. The van der Waals surface area contributed by atoms with Gasteiger partial charge in [0.25, 0.3) is 5.91 Å². The van der Waals surface area contributed by atoms with E-state index in [1.165, 1.54) is 4.31 Å². The van der Waals surface area contributed by atoms with Gasteiger partial charge in [0, 0.05) is 43.3 Å².